The van der Waals surface area contributed by atoms with Crippen molar-refractivity contribution in [3.05, 3.63) is 0 Å². The van der Waals surface area contributed by atoms with Gasteiger partial charge >= 0.3 is 6.16 Å². The molecule has 3 nitrogen and oxygen atoms in total. The van der Waals surface area contributed by atoms with Crippen LogP contribution in [0.4, 0.5) is 4.79 Å². The molecule has 0 amide bonds. The molecule has 76 valence electrons. The Labute approximate surface area is 83.0 Å². The van der Waals surface area contributed by atoms with Gasteiger partial charge in [0.05, 0.1) is 0 Å². The highest BCUT2D eigenvalue weighted by Crippen LogP contribution is 2.41. The first-order valence-corrected chi connectivity index (χ1v) is 5.02. The summed E-state index contributed by atoms with van der Waals surface area (Å²) in [6.45, 7) is 1.99. The van der Waals surface area contributed by atoms with Crippen molar-refractivity contribution in [2.24, 2.45) is 5.41 Å². The Kier molecular flexibility index (Phi) is 3.42. The van der Waals surface area contributed by atoms with Crippen LogP contribution in [0.25, 0.3) is 0 Å². The first-order chi connectivity index (χ1) is 6.04. The monoisotopic (exact) mass is 206 g/mol. The molecule has 1 rings (SSSR count). The van der Waals surface area contributed by atoms with Gasteiger partial charge in [-0.15, -0.1) is 0 Å². The maximum Gasteiger partial charge on any atom is 0.507 e. The quantitative estimate of drug-likeness (QED) is 0.558. The van der Waals surface area contributed by atoms with Crippen molar-refractivity contribution in [2.75, 3.05) is 0 Å². The molecule has 0 radical (unpaired) electrons. The van der Waals surface area contributed by atoms with Gasteiger partial charge in [0, 0.05) is 5.41 Å². The van der Waals surface area contributed by atoms with Crippen LogP contribution in [-0.4, -0.2) is 16.8 Å². The lowest BCUT2D eigenvalue weighted by Crippen LogP contribution is -2.33. The molecule has 1 aliphatic carbocycles. The normalized spacial score (nSPS) is 23.5. The molecular weight excluding hydrogens is 192 g/mol. The van der Waals surface area contributed by atoms with Crippen molar-refractivity contribution in [1.82, 2.24) is 0 Å². The largest absolute Gasteiger partial charge is 0.507 e. The van der Waals surface area contributed by atoms with Crippen LogP contribution in [0.3, 0.4) is 0 Å². The number of rotatable bonds is 2. The number of carbonyl (C=O) groups is 1. The molecule has 13 heavy (non-hydrogen) atoms. The summed E-state index contributed by atoms with van der Waals surface area (Å²) >= 11 is 5.89. The van der Waals surface area contributed by atoms with Crippen LogP contribution in [0.15, 0.2) is 0 Å². The van der Waals surface area contributed by atoms with E-state index in [0.29, 0.717) is 0 Å². The highest BCUT2D eigenvalue weighted by molar-refractivity contribution is 6.20. The SMILES string of the molecule is CC1(C(Cl)OC(=O)O)CCCCC1. The minimum absolute atomic E-state index is 0.168. The minimum Gasteiger partial charge on any atom is -0.450 e. The molecule has 0 bridgehead atoms. The smallest absolute Gasteiger partial charge is 0.450 e. The topological polar surface area (TPSA) is 46.5 Å². The zero-order valence-corrected chi connectivity index (χ0v) is 8.51. The highest BCUT2D eigenvalue weighted by atomic mass is 35.5. The predicted molar refractivity (Wildman–Crippen MR) is 49.9 cm³/mol. The van der Waals surface area contributed by atoms with Crippen LogP contribution in [0.2, 0.25) is 0 Å². The standard InChI is InChI=1S/C9H15ClO3/c1-9(5-3-2-4-6-9)7(10)13-8(11)12/h7H,2-6H2,1H3,(H,11,12). The van der Waals surface area contributed by atoms with Gasteiger partial charge in [-0.1, -0.05) is 37.8 Å². The number of ether oxygens (including phenoxy) is 1. The molecule has 0 aromatic rings. The Hall–Kier alpha value is -0.440. The van der Waals surface area contributed by atoms with Crippen molar-refractivity contribution < 1.29 is 14.6 Å². The predicted octanol–water partition coefficient (Wildman–Crippen LogP) is 3.22. The average molecular weight is 207 g/mol. The van der Waals surface area contributed by atoms with E-state index >= 15 is 0 Å². The van der Waals surface area contributed by atoms with E-state index in [2.05, 4.69) is 4.74 Å². The minimum atomic E-state index is -1.29. The fourth-order valence-electron chi connectivity index (χ4n) is 1.82. The Bertz CT molecular complexity index is 187. The molecule has 0 saturated heterocycles. The third kappa shape index (κ3) is 2.76. The lowest BCUT2D eigenvalue weighted by molar-refractivity contribution is 0.0137. The summed E-state index contributed by atoms with van der Waals surface area (Å²) in [7, 11) is 0. The number of hydrogen-bond acceptors (Lipinski definition) is 2. The molecule has 0 aliphatic heterocycles. The van der Waals surface area contributed by atoms with Gasteiger partial charge in [0.25, 0.3) is 0 Å². The van der Waals surface area contributed by atoms with Crippen LogP contribution in [-0.2, 0) is 4.74 Å². The van der Waals surface area contributed by atoms with Crippen LogP contribution in [0.5, 0.6) is 0 Å². The van der Waals surface area contributed by atoms with E-state index in [1.807, 2.05) is 6.92 Å². The molecule has 4 heteroatoms. The molecule has 0 heterocycles. The van der Waals surface area contributed by atoms with E-state index < -0.39 is 11.7 Å². The third-order valence-electron chi connectivity index (χ3n) is 2.75. The summed E-state index contributed by atoms with van der Waals surface area (Å²) in [6, 6.07) is 0. The Balaban J connectivity index is 2.51. The van der Waals surface area contributed by atoms with E-state index in [1.165, 1.54) is 6.42 Å². The maximum absolute atomic E-state index is 10.3. The zero-order chi connectivity index (χ0) is 9.90. The van der Waals surface area contributed by atoms with Gasteiger partial charge < -0.3 is 9.84 Å². The molecule has 1 fully saturated rings. The Morgan fingerprint density at radius 1 is 1.46 bits per heavy atom. The molecule has 1 N–H and O–H groups in total. The molecular formula is C9H15ClO3. The first-order valence-electron chi connectivity index (χ1n) is 4.58. The van der Waals surface area contributed by atoms with E-state index in [0.717, 1.165) is 25.7 Å². The summed E-state index contributed by atoms with van der Waals surface area (Å²) in [6.07, 6.45) is 4.06. The summed E-state index contributed by atoms with van der Waals surface area (Å²) in [4.78, 5) is 10.3. The fourth-order valence-corrected chi connectivity index (χ4v) is 2.11. The summed E-state index contributed by atoms with van der Waals surface area (Å²) in [5, 5.41) is 8.42. The van der Waals surface area contributed by atoms with Gasteiger partial charge in [0.1, 0.15) is 0 Å². The van der Waals surface area contributed by atoms with E-state index in [4.69, 9.17) is 16.7 Å². The number of alkyl halides is 1. The van der Waals surface area contributed by atoms with Gasteiger partial charge in [-0.05, 0) is 12.8 Å². The van der Waals surface area contributed by atoms with Crippen molar-refractivity contribution >= 4 is 17.8 Å². The second-order valence-corrected chi connectivity index (χ2v) is 4.31. The number of hydrogen-bond donors (Lipinski definition) is 1. The molecule has 1 unspecified atom stereocenters. The Morgan fingerprint density at radius 2 is 2.00 bits per heavy atom. The van der Waals surface area contributed by atoms with E-state index in [9.17, 15) is 4.79 Å². The molecule has 1 saturated carbocycles. The zero-order valence-electron chi connectivity index (χ0n) is 7.75. The van der Waals surface area contributed by atoms with Crippen molar-refractivity contribution in [1.29, 1.82) is 0 Å². The lowest BCUT2D eigenvalue weighted by Gasteiger charge is -2.36. The third-order valence-corrected chi connectivity index (χ3v) is 3.36. The lowest BCUT2D eigenvalue weighted by atomic mass is 9.76. The van der Waals surface area contributed by atoms with Crippen LogP contribution in [0, 0.1) is 5.41 Å². The van der Waals surface area contributed by atoms with E-state index in [-0.39, 0.29) is 5.41 Å². The molecule has 0 aromatic heterocycles. The van der Waals surface area contributed by atoms with Gasteiger partial charge in [-0.2, -0.15) is 0 Å². The van der Waals surface area contributed by atoms with Crippen molar-refractivity contribution in [2.45, 2.75) is 44.6 Å². The van der Waals surface area contributed by atoms with Gasteiger partial charge in [0.2, 0.25) is 0 Å². The summed E-state index contributed by atoms with van der Waals surface area (Å²) < 4.78 is 4.57. The second kappa shape index (κ2) is 4.18. The molecule has 0 spiro atoms. The second-order valence-electron chi connectivity index (χ2n) is 3.91. The number of halogens is 1. The van der Waals surface area contributed by atoms with Crippen LogP contribution in [0.1, 0.15) is 39.0 Å². The van der Waals surface area contributed by atoms with Gasteiger partial charge in [-0.25, -0.2) is 4.79 Å². The summed E-state index contributed by atoms with van der Waals surface area (Å²) in [5.41, 5.74) is -0.872. The highest BCUT2D eigenvalue weighted by Gasteiger charge is 2.36. The fraction of sp³-hybridized carbons (Fsp3) is 0.889. The van der Waals surface area contributed by atoms with Crippen LogP contribution >= 0.6 is 11.6 Å². The Morgan fingerprint density at radius 3 is 2.46 bits per heavy atom. The van der Waals surface area contributed by atoms with Crippen LogP contribution < -0.4 is 0 Å². The number of carboxylic acid groups (broad SMARTS) is 1. The van der Waals surface area contributed by atoms with E-state index in [1.54, 1.807) is 0 Å². The average Bonchev–Trinajstić information content (AvgIpc) is 2.04. The maximum atomic E-state index is 10.3. The van der Waals surface area contributed by atoms with Crippen molar-refractivity contribution in [3.63, 3.8) is 0 Å². The van der Waals surface area contributed by atoms with Crippen molar-refractivity contribution in [3.8, 4) is 0 Å². The first kappa shape index (κ1) is 10.6. The van der Waals surface area contributed by atoms with Gasteiger partial charge in [0.15, 0.2) is 5.56 Å². The molecule has 1 atom stereocenters. The molecule has 1 aliphatic rings. The molecule has 0 aromatic carbocycles. The summed E-state index contributed by atoms with van der Waals surface area (Å²) in [5.74, 6) is 0. The van der Waals surface area contributed by atoms with Gasteiger partial charge in [-0.3, -0.25) is 0 Å².